The van der Waals surface area contributed by atoms with Crippen LogP contribution in [0.15, 0.2) is 12.4 Å². The number of aromatic nitrogens is 3. The van der Waals surface area contributed by atoms with Crippen LogP contribution in [-0.2, 0) is 16.1 Å². The summed E-state index contributed by atoms with van der Waals surface area (Å²) in [4.78, 5) is 10.9. The molecule has 1 N–H and O–H groups in total. The Morgan fingerprint density at radius 3 is 3.13 bits per heavy atom. The third-order valence-electron chi connectivity index (χ3n) is 1.79. The summed E-state index contributed by atoms with van der Waals surface area (Å²) in [7, 11) is 0. The van der Waals surface area contributed by atoms with Crippen LogP contribution in [-0.4, -0.2) is 40.7 Å². The lowest BCUT2D eigenvalue weighted by atomic mass is 10.4. The SMILES string of the molecule is CCOC(=O)CNCCCn1ccnn1. The lowest BCUT2D eigenvalue weighted by molar-refractivity contribution is -0.141. The van der Waals surface area contributed by atoms with Crippen molar-refractivity contribution in [2.45, 2.75) is 19.9 Å². The second kappa shape index (κ2) is 6.94. The van der Waals surface area contributed by atoms with E-state index in [1.54, 1.807) is 17.8 Å². The van der Waals surface area contributed by atoms with Gasteiger partial charge in [-0.1, -0.05) is 5.21 Å². The molecule has 0 aromatic carbocycles. The number of hydrogen-bond donors (Lipinski definition) is 1. The Labute approximate surface area is 88.6 Å². The van der Waals surface area contributed by atoms with E-state index in [-0.39, 0.29) is 12.5 Å². The van der Waals surface area contributed by atoms with Crippen molar-refractivity contribution < 1.29 is 9.53 Å². The minimum Gasteiger partial charge on any atom is -0.465 e. The number of esters is 1. The topological polar surface area (TPSA) is 69.0 Å². The first-order valence-electron chi connectivity index (χ1n) is 5.03. The molecule has 1 aromatic heterocycles. The van der Waals surface area contributed by atoms with Gasteiger partial charge < -0.3 is 10.1 Å². The highest BCUT2D eigenvalue weighted by atomic mass is 16.5. The number of nitrogens with zero attached hydrogens (tertiary/aromatic N) is 3. The summed E-state index contributed by atoms with van der Waals surface area (Å²) >= 11 is 0. The van der Waals surface area contributed by atoms with E-state index in [0.29, 0.717) is 6.61 Å². The number of carbonyl (C=O) groups is 1. The van der Waals surface area contributed by atoms with Crippen molar-refractivity contribution in [1.82, 2.24) is 20.3 Å². The predicted octanol–water partition coefficient (Wildman–Crippen LogP) is -0.179. The van der Waals surface area contributed by atoms with Crippen LogP contribution >= 0.6 is 0 Å². The van der Waals surface area contributed by atoms with Crippen LogP contribution in [0, 0.1) is 0 Å². The molecule has 1 aromatic rings. The number of ether oxygens (including phenoxy) is 1. The molecule has 0 aliphatic carbocycles. The molecule has 0 saturated carbocycles. The van der Waals surface area contributed by atoms with Crippen LogP contribution in [0.3, 0.4) is 0 Å². The average Bonchev–Trinajstić information content (AvgIpc) is 2.70. The minimum atomic E-state index is -0.210. The zero-order valence-electron chi connectivity index (χ0n) is 8.85. The third-order valence-corrected chi connectivity index (χ3v) is 1.79. The maximum absolute atomic E-state index is 10.9. The second-order valence-corrected chi connectivity index (χ2v) is 3.00. The van der Waals surface area contributed by atoms with Crippen LogP contribution in [0.1, 0.15) is 13.3 Å². The Kier molecular flexibility index (Phi) is 5.39. The molecule has 0 aliphatic rings. The molecule has 0 atom stereocenters. The fourth-order valence-corrected chi connectivity index (χ4v) is 1.12. The van der Waals surface area contributed by atoms with E-state index >= 15 is 0 Å². The molecule has 0 amide bonds. The molecule has 0 radical (unpaired) electrons. The van der Waals surface area contributed by atoms with E-state index in [0.717, 1.165) is 19.5 Å². The van der Waals surface area contributed by atoms with Crippen LogP contribution in [0.25, 0.3) is 0 Å². The van der Waals surface area contributed by atoms with Crippen LogP contribution in [0.5, 0.6) is 0 Å². The maximum Gasteiger partial charge on any atom is 0.319 e. The van der Waals surface area contributed by atoms with Gasteiger partial charge in [-0.15, -0.1) is 5.10 Å². The molecule has 1 heterocycles. The first kappa shape index (κ1) is 11.6. The van der Waals surface area contributed by atoms with Crippen molar-refractivity contribution in [2.24, 2.45) is 0 Å². The minimum absolute atomic E-state index is 0.210. The fourth-order valence-electron chi connectivity index (χ4n) is 1.12. The third kappa shape index (κ3) is 5.11. The van der Waals surface area contributed by atoms with E-state index in [4.69, 9.17) is 4.74 Å². The number of hydrogen-bond acceptors (Lipinski definition) is 5. The summed E-state index contributed by atoms with van der Waals surface area (Å²) in [6.07, 6.45) is 4.36. The Bertz CT molecular complexity index is 274. The van der Waals surface area contributed by atoms with Crippen molar-refractivity contribution >= 4 is 5.97 Å². The van der Waals surface area contributed by atoms with E-state index in [1.807, 2.05) is 6.20 Å². The molecule has 0 aliphatic heterocycles. The highest BCUT2D eigenvalue weighted by Gasteiger charge is 1.99. The van der Waals surface area contributed by atoms with Gasteiger partial charge in [0.25, 0.3) is 0 Å². The number of aryl methyl sites for hydroxylation is 1. The van der Waals surface area contributed by atoms with Gasteiger partial charge in [0.1, 0.15) is 0 Å². The fraction of sp³-hybridized carbons (Fsp3) is 0.667. The van der Waals surface area contributed by atoms with Gasteiger partial charge in [0.2, 0.25) is 0 Å². The monoisotopic (exact) mass is 212 g/mol. The molecule has 15 heavy (non-hydrogen) atoms. The van der Waals surface area contributed by atoms with Gasteiger partial charge in [0.05, 0.1) is 19.3 Å². The zero-order valence-corrected chi connectivity index (χ0v) is 8.85. The lowest BCUT2D eigenvalue weighted by Crippen LogP contribution is -2.26. The van der Waals surface area contributed by atoms with Gasteiger partial charge in [-0.25, -0.2) is 0 Å². The summed E-state index contributed by atoms with van der Waals surface area (Å²) < 4.78 is 6.52. The van der Waals surface area contributed by atoms with E-state index in [9.17, 15) is 4.79 Å². The Hall–Kier alpha value is -1.43. The average molecular weight is 212 g/mol. The molecule has 1 rings (SSSR count). The molecular weight excluding hydrogens is 196 g/mol. The lowest BCUT2D eigenvalue weighted by Gasteiger charge is -2.04. The number of rotatable bonds is 7. The first-order valence-corrected chi connectivity index (χ1v) is 5.03. The Morgan fingerprint density at radius 2 is 2.47 bits per heavy atom. The van der Waals surface area contributed by atoms with Crippen molar-refractivity contribution in [3.63, 3.8) is 0 Å². The Morgan fingerprint density at radius 1 is 1.60 bits per heavy atom. The molecule has 0 fully saturated rings. The van der Waals surface area contributed by atoms with Gasteiger partial charge in [-0.05, 0) is 19.9 Å². The molecule has 0 unspecified atom stereocenters. The largest absolute Gasteiger partial charge is 0.465 e. The van der Waals surface area contributed by atoms with Crippen molar-refractivity contribution in [3.8, 4) is 0 Å². The maximum atomic E-state index is 10.9. The highest BCUT2D eigenvalue weighted by Crippen LogP contribution is 1.85. The van der Waals surface area contributed by atoms with Gasteiger partial charge in [-0.3, -0.25) is 9.48 Å². The molecular formula is C9H16N4O2. The normalized spacial score (nSPS) is 10.2. The van der Waals surface area contributed by atoms with Gasteiger partial charge in [-0.2, -0.15) is 0 Å². The molecule has 6 heteroatoms. The van der Waals surface area contributed by atoms with E-state index in [1.165, 1.54) is 0 Å². The van der Waals surface area contributed by atoms with Crippen LogP contribution < -0.4 is 5.32 Å². The summed E-state index contributed by atoms with van der Waals surface area (Å²) in [5.41, 5.74) is 0. The van der Waals surface area contributed by atoms with Crippen LogP contribution in [0.2, 0.25) is 0 Å². The van der Waals surface area contributed by atoms with Crippen molar-refractivity contribution in [3.05, 3.63) is 12.4 Å². The van der Waals surface area contributed by atoms with Gasteiger partial charge in [0, 0.05) is 12.7 Å². The smallest absolute Gasteiger partial charge is 0.319 e. The summed E-state index contributed by atoms with van der Waals surface area (Å²) in [5, 5.41) is 10.5. The van der Waals surface area contributed by atoms with E-state index in [2.05, 4.69) is 15.6 Å². The summed E-state index contributed by atoms with van der Waals surface area (Å²) in [6.45, 7) is 4.06. The Balaban J connectivity index is 1.95. The first-order chi connectivity index (χ1) is 7.33. The van der Waals surface area contributed by atoms with Gasteiger partial charge >= 0.3 is 5.97 Å². The van der Waals surface area contributed by atoms with Crippen LogP contribution in [0.4, 0.5) is 0 Å². The van der Waals surface area contributed by atoms with Crippen molar-refractivity contribution in [2.75, 3.05) is 19.7 Å². The zero-order chi connectivity index (χ0) is 10.9. The second-order valence-electron chi connectivity index (χ2n) is 3.00. The molecule has 0 saturated heterocycles. The van der Waals surface area contributed by atoms with E-state index < -0.39 is 0 Å². The number of nitrogens with one attached hydrogen (secondary N) is 1. The number of carbonyl (C=O) groups excluding carboxylic acids is 1. The molecule has 0 bridgehead atoms. The quantitative estimate of drug-likeness (QED) is 0.501. The highest BCUT2D eigenvalue weighted by molar-refractivity contribution is 5.71. The molecule has 6 nitrogen and oxygen atoms in total. The molecule has 84 valence electrons. The standard InChI is InChI=1S/C9H16N4O2/c1-2-15-9(14)8-10-4-3-6-13-7-5-11-12-13/h5,7,10H,2-4,6,8H2,1H3. The summed E-state index contributed by atoms with van der Waals surface area (Å²) in [6, 6.07) is 0. The van der Waals surface area contributed by atoms with Gasteiger partial charge in [0.15, 0.2) is 0 Å². The molecule has 0 spiro atoms. The van der Waals surface area contributed by atoms with Crippen molar-refractivity contribution in [1.29, 1.82) is 0 Å². The summed E-state index contributed by atoms with van der Waals surface area (Å²) in [5.74, 6) is -0.210. The predicted molar refractivity (Wildman–Crippen MR) is 54.1 cm³/mol.